The Kier molecular flexibility index (Phi) is 5.94. The second-order valence-electron chi connectivity index (χ2n) is 6.30. The Bertz CT molecular complexity index is 691. The first-order valence-electron chi connectivity index (χ1n) is 9.12. The molecule has 1 saturated heterocycles. The Morgan fingerprint density at radius 3 is 2.52 bits per heavy atom. The average Bonchev–Trinajstić information content (AvgIpc) is 3.18. The molecular weight excluding hydrogens is 312 g/mol. The molecule has 3 rings (SSSR count). The van der Waals surface area contributed by atoms with Crippen molar-refractivity contribution >= 4 is 11.6 Å². The molecule has 0 aromatic heterocycles. The van der Waals surface area contributed by atoms with Gasteiger partial charge in [-0.15, -0.1) is 0 Å². The van der Waals surface area contributed by atoms with Crippen LogP contribution in [-0.4, -0.2) is 32.1 Å². The summed E-state index contributed by atoms with van der Waals surface area (Å²) in [5.41, 5.74) is 3.13. The highest BCUT2D eigenvalue weighted by Crippen LogP contribution is 2.21. The van der Waals surface area contributed by atoms with Crippen molar-refractivity contribution < 1.29 is 9.53 Å². The van der Waals surface area contributed by atoms with Gasteiger partial charge in [0, 0.05) is 25.3 Å². The molecule has 0 bridgehead atoms. The summed E-state index contributed by atoms with van der Waals surface area (Å²) in [6, 6.07) is 16.1. The molecule has 1 aliphatic rings. The highest BCUT2D eigenvalue weighted by Gasteiger charge is 2.13. The fourth-order valence-electron chi connectivity index (χ4n) is 3.20. The first-order chi connectivity index (χ1) is 12.3. The van der Waals surface area contributed by atoms with Crippen LogP contribution in [0.5, 0.6) is 5.75 Å². The molecule has 0 aliphatic carbocycles. The van der Waals surface area contributed by atoms with Gasteiger partial charge in [-0.1, -0.05) is 24.3 Å². The Hall–Kier alpha value is -2.49. The highest BCUT2D eigenvalue weighted by atomic mass is 16.5. The Labute approximate surface area is 149 Å². The van der Waals surface area contributed by atoms with Crippen molar-refractivity contribution in [3.63, 3.8) is 0 Å². The fraction of sp³-hybridized carbons (Fsp3) is 0.381. The van der Waals surface area contributed by atoms with Crippen LogP contribution in [0.1, 0.15) is 35.7 Å². The molecule has 0 radical (unpaired) electrons. The van der Waals surface area contributed by atoms with Crippen LogP contribution >= 0.6 is 0 Å². The Morgan fingerprint density at radius 1 is 1.08 bits per heavy atom. The summed E-state index contributed by atoms with van der Waals surface area (Å²) in [6.07, 6.45) is 3.40. The number of ether oxygens (including phenoxy) is 1. The summed E-state index contributed by atoms with van der Waals surface area (Å²) in [4.78, 5) is 14.8. The molecule has 1 N–H and O–H groups in total. The first-order valence-corrected chi connectivity index (χ1v) is 9.12. The predicted octanol–water partition coefficient (Wildman–Crippen LogP) is 3.66. The number of benzene rings is 2. The lowest BCUT2D eigenvalue weighted by molar-refractivity contribution is 0.0950. The van der Waals surface area contributed by atoms with Gasteiger partial charge in [0.2, 0.25) is 0 Å². The summed E-state index contributed by atoms with van der Waals surface area (Å²) >= 11 is 0. The van der Waals surface area contributed by atoms with E-state index in [-0.39, 0.29) is 5.91 Å². The Morgan fingerprint density at radius 2 is 1.80 bits per heavy atom. The van der Waals surface area contributed by atoms with Gasteiger partial charge in [0.1, 0.15) is 5.75 Å². The van der Waals surface area contributed by atoms with Crippen LogP contribution in [0.25, 0.3) is 0 Å². The standard InChI is InChI=1S/C21H26N2O2/c1-2-25-20-8-4-3-7-19(20)21(24)22-14-13-17-9-11-18(12-10-17)23-15-5-6-16-23/h3-4,7-12H,2,5-6,13-16H2,1H3,(H,22,24). The van der Waals surface area contributed by atoms with Crippen molar-refractivity contribution in [2.24, 2.45) is 0 Å². The van der Waals surface area contributed by atoms with E-state index in [1.165, 1.54) is 24.1 Å². The smallest absolute Gasteiger partial charge is 0.255 e. The zero-order valence-corrected chi connectivity index (χ0v) is 14.8. The number of anilines is 1. The number of rotatable bonds is 7. The van der Waals surface area contributed by atoms with E-state index in [1.54, 1.807) is 6.07 Å². The summed E-state index contributed by atoms with van der Waals surface area (Å²) in [5.74, 6) is 0.551. The van der Waals surface area contributed by atoms with E-state index in [2.05, 4.69) is 34.5 Å². The SMILES string of the molecule is CCOc1ccccc1C(=O)NCCc1ccc(N2CCCC2)cc1. The van der Waals surface area contributed by atoms with Gasteiger partial charge in [0.25, 0.3) is 5.91 Å². The second-order valence-corrected chi connectivity index (χ2v) is 6.30. The topological polar surface area (TPSA) is 41.6 Å². The van der Waals surface area contributed by atoms with E-state index in [9.17, 15) is 4.79 Å². The van der Waals surface area contributed by atoms with Crippen LogP contribution in [-0.2, 0) is 6.42 Å². The van der Waals surface area contributed by atoms with Gasteiger partial charge in [-0.25, -0.2) is 0 Å². The maximum atomic E-state index is 12.4. The maximum Gasteiger partial charge on any atom is 0.255 e. The lowest BCUT2D eigenvalue weighted by Crippen LogP contribution is -2.26. The largest absolute Gasteiger partial charge is 0.493 e. The molecule has 25 heavy (non-hydrogen) atoms. The third-order valence-electron chi connectivity index (χ3n) is 4.54. The lowest BCUT2D eigenvalue weighted by atomic mass is 10.1. The van der Waals surface area contributed by atoms with Crippen molar-refractivity contribution in [1.82, 2.24) is 5.32 Å². The van der Waals surface area contributed by atoms with Crippen LogP contribution in [0, 0.1) is 0 Å². The van der Waals surface area contributed by atoms with Gasteiger partial charge in [-0.05, 0) is 56.0 Å². The lowest BCUT2D eigenvalue weighted by Gasteiger charge is -2.17. The van der Waals surface area contributed by atoms with E-state index in [4.69, 9.17) is 4.74 Å². The third-order valence-corrected chi connectivity index (χ3v) is 4.54. The monoisotopic (exact) mass is 338 g/mol. The maximum absolute atomic E-state index is 12.4. The molecule has 1 amide bonds. The number of carbonyl (C=O) groups excluding carboxylic acids is 1. The minimum Gasteiger partial charge on any atom is -0.493 e. The number of hydrogen-bond acceptors (Lipinski definition) is 3. The van der Waals surface area contributed by atoms with Gasteiger partial charge in [0.05, 0.1) is 12.2 Å². The molecule has 4 heteroatoms. The minimum absolute atomic E-state index is 0.0854. The molecule has 2 aromatic carbocycles. The molecule has 0 unspecified atom stereocenters. The van der Waals surface area contributed by atoms with Crippen molar-refractivity contribution in [2.45, 2.75) is 26.2 Å². The highest BCUT2D eigenvalue weighted by molar-refractivity contribution is 5.96. The van der Waals surface area contributed by atoms with Crippen LogP contribution in [0.4, 0.5) is 5.69 Å². The molecule has 0 saturated carbocycles. The zero-order chi connectivity index (χ0) is 17.5. The molecule has 1 aliphatic heterocycles. The molecule has 1 fully saturated rings. The molecule has 0 atom stereocenters. The first kappa shape index (κ1) is 17.3. The van der Waals surface area contributed by atoms with Gasteiger partial charge in [-0.3, -0.25) is 4.79 Å². The van der Waals surface area contributed by atoms with E-state index in [0.29, 0.717) is 24.5 Å². The van der Waals surface area contributed by atoms with Crippen molar-refractivity contribution in [3.05, 3.63) is 59.7 Å². The third kappa shape index (κ3) is 4.53. The number of amides is 1. The van der Waals surface area contributed by atoms with Gasteiger partial charge in [0.15, 0.2) is 0 Å². The van der Waals surface area contributed by atoms with E-state index >= 15 is 0 Å². The van der Waals surface area contributed by atoms with Crippen LogP contribution < -0.4 is 15.0 Å². The van der Waals surface area contributed by atoms with Crippen LogP contribution in [0.2, 0.25) is 0 Å². The van der Waals surface area contributed by atoms with Crippen molar-refractivity contribution in [2.75, 3.05) is 31.1 Å². The van der Waals surface area contributed by atoms with E-state index in [1.807, 2.05) is 25.1 Å². The molecule has 0 spiro atoms. The summed E-state index contributed by atoms with van der Waals surface area (Å²) in [5, 5.41) is 2.99. The predicted molar refractivity (Wildman–Crippen MR) is 102 cm³/mol. The number of nitrogens with zero attached hydrogens (tertiary/aromatic N) is 1. The van der Waals surface area contributed by atoms with Crippen molar-refractivity contribution in [1.29, 1.82) is 0 Å². The number of nitrogens with one attached hydrogen (secondary N) is 1. The Balaban J connectivity index is 1.51. The zero-order valence-electron chi connectivity index (χ0n) is 14.8. The quantitative estimate of drug-likeness (QED) is 0.838. The molecular formula is C21H26N2O2. The molecule has 132 valence electrons. The average molecular weight is 338 g/mol. The summed E-state index contributed by atoms with van der Waals surface area (Å²) < 4.78 is 5.52. The second kappa shape index (κ2) is 8.56. The van der Waals surface area contributed by atoms with Crippen molar-refractivity contribution in [3.8, 4) is 5.75 Å². The molecule has 4 nitrogen and oxygen atoms in total. The van der Waals surface area contributed by atoms with E-state index < -0.39 is 0 Å². The fourth-order valence-corrected chi connectivity index (χ4v) is 3.20. The minimum atomic E-state index is -0.0854. The van der Waals surface area contributed by atoms with Crippen LogP contribution in [0.3, 0.4) is 0 Å². The number of hydrogen-bond donors (Lipinski definition) is 1. The van der Waals surface area contributed by atoms with Crippen LogP contribution in [0.15, 0.2) is 48.5 Å². The number of para-hydroxylation sites is 1. The van der Waals surface area contributed by atoms with E-state index in [0.717, 1.165) is 19.5 Å². The van der Waals surface area contributed by atoms with Gasteiger partial charge < -0.3 is 15.0 Å². The number of carbonyl (C=O) groups is 1. The van der Waals surface area contributed by atoms with Gasteiger partial charge in [-0.2, -0.15) is 0 Å². The summed E-state index contributed by atoms with van der Waals surface area (Å²) in [7, 11) is 0. The van der Waals surface area contributed by atoms with Gasteiger partial charge >= 0.3 is 0 Å². The summed E-state index contributed by atoms with van der Waals surface area (Å²) in [6.45, 7) is 5.40. The molecule has 2 aromatic rings. The normalized spacial score (nSPS) is 13.7. The molecule has 1 heterocycles.